The van der Waals surface area contributed by atoms with Gasteiger partial charge in [-0.2, -0.15) is 18.3 Å². The van der Waals surface area contributed by atoms with Gasteiger partial charge in [0.15, 0.2) is 0 Å². The highest BCUT2D eigenvalue weighted by Gasteiger charge is 2.30. The van der Waals surface area contributed by atoms with E-state index in [0.717, 1.165) is 11.0 Å². The number of hydrogen-bond acceptors (Lipinski definition) is 3. The molecule has 0 atom stereocenters. The number of aromatic amines is 1. The van der Waals surface area contributed by atoms with Crippen molar-refractivity contribution < 1.29 is 13.2 Å². The predicted octanol–water partition coefficient (Wildman–Crippen LogP) is 1.16. The number of alkyl halides is 3. The van der Waals surface area contributed by atoms with Crippen LogP contribution in [0.2, 0.25) is 0 Å². The van der Waals surface area contributed by atoms with Crippen LogP contribution in [0, 0.1) is 0 Å². The third-order valence-electron chi connectivity index (χ3n) is 1.77. The first-order valence-electron chi connectivity index (χ1n) is 4.29. The molecule has 0 fully saturated rings. The molecule has 84 valence electrons. The minimum absolute atomic E-state index is 0.157. The van der Waals surface area contributed by atoms with Gasteiger partial charge < -0.3 is 4.90 Å². The highest BCUT2D eigenvalue weighted by atomic mass is 19.4. The zero-order valence-corrected chi connectivity index (χ0v) is 8.01. The molecular formula is C8H10F3N3O. The van der Waals surface area contributed by atoms with Crippen molar-refractivity contribution in [1.29, 1.82) is 0 Å². The Labute approximate surface area is 83.7 Å². The van der Waals surface area contributed by atoms with E-state index in [2.05, 4.69) is 10.2 Å². The van der Waals surface area contributed by atoms with E-state index in [9.17, 15) is 18.0 Å². The first-order chi connectivity index (χ1) is 6.92. The van der Waals surface area contributed by atoms with E-state index in [0.29, 0.717) is 0 Å². The minimum Gasteiger partial charge on any atom is -0.361 e. The van der Waals surface area contributed by atoms with Crippen molar-refractivity contribution in [3.05, 3.63) is 22.6 Å². The Bertz CT molecular complexity index is 374. The first-order valence-corrected chi connectivity index (χ1v) is 4.29. The van der Waals surface area contributed by atoms with Crippen LogP contribution in [-0.2, 0) is 0 Å². The summed E-state index contributed by atoms with van der Waals surface area (Å²) >= 11 is 0. The normalized spacial score (nSPS) is 11.5. The molecule has 1 aromatic heterocycles. The molecule has 0 radical (unpaired) electrons. The molecule has 1 heterocycles. The molecule has 0 bridgehead atoms. The van der Waals surface area contributed by atoms with Gasteiger partial charge in [-0.25, -0.2) is 5.10 Å². The Hall–Kier alpha value is -1.53. The van der Waals surface area contributed by atoms with Crippen molar-refractivity contribution in [1.82, 2.24) is 10.2 Å². The smallest absolute Gasteiger partial charge is 0.361 e. The van der Waals surface area contributed by atoms with Crippen molar-refractivity contribution in [2.45, 2.75) is 13.1 Å². The van der Waals surface area contributed by atoms with Crippen molar-refractivity contribution >= 4 is 5.69 Å². The summed E-state index contributed by atoms with van der Waals surface area (Å²) in [5.74, 6) is 0. The van der Waals surface area contributed by atoms with Gasteiger partial charge in [-0.3, -0.25) is 4.79 Å². The maximum absolute atomic E-state index is 12.1. The van der Waals surface area contributed by atoms with E-state index in [1.807, 2.05) is 0 Å². The molecule has 0 aliphatic heterocycles. The van der Waals surface area contributed by atoms with Crippen LogP contribution in [0.15, 0.2) is 17.1 Å². The van der Waals surface area contributed by atoms with Crippen molar-refractivity contribution in [2.75, 3.05) is 18.0 Å². The van der Waals surface area contributed by atoms with Gasteiger partial charge in [0.25, 0.3) is 5.56 Å². The fourth-order valence-electron chi connectivity index (χ4n) is 1.14. The van der Waals surface area contributed by atoms with Gasteiger partial charge in [-0.15, -0.1) is 0 Å². The van der Waals surface area contributed by atoms with E-state index < -0.39 is 18.3 Å². The molecule has 15 heavy (non-hydrogen) atoms. The van der Waals surface area contributed by atoms with Gasteiger partial charge in [-0.1, -0.05) is 0 Å². The lowest BCUT2D eigenvalue weighted by molar-refractivity contribution is -0.119. The molecular weight excluding hydrogens is 211 g/mol. The van der Waals surface area contributed by atoms with E-state index in [-0.39, 0.29) is 12.2 Å². The van der Waals surface area contributed by atoms with Crippen molar-refractivity contribution in [2.24, 2.45) is 0 Å². The summed E-state index contributed by atoms with van der Waals surface area (Å²) in [4.78, 5) is 11.9. The molecule has 1 N–H and O–H groups in total. The Balaban J connectivity index is 2.88. The molecule has 0 spiro atoms. The molecule has 0 amide bonds. The summed E-state index contributed by atoms with van der Waals surface area (Å²) in [6.45, 7) is 0.645. The average molecular weight is 221 g/mol. The Morgan fingerprint density at radius 1 is 1.53 bits per heavy atom. The maximum Gasteiger partial charge on any atom is 0.405 e. The van der Waals surface area contributed by atoms with E-state index in [1.165, 1.54) is 6.20 Å². The van der Waals surface area contributed by atoms with Crippen LogP contribution in [-0.4, -0.2) is 29.5 Å². The average Bonchev–Trinajstić information content (AvgIpc) is 2.13. The van der Waals surface area contributed by atoms with Gasteiger partial charge in [-0.05, 0) is 6.92 Å². The summed E-state index contributed by atoms with van der Waals surface area (Å²) in [5.41, 5.74) is -0.355. The van der Waals surface area contributed by atoms with Crippen LogP contribution in [0.4, 0.5) is 18.9 Å². The highest BCUT2D eigenvalue weighted by molar-refractivity contribution is 5.42. The van der Waals surface area contributed by atoms with Crippen LogP contribution in [0.3, 0.4) is 0 Å². The topological polar surface area (TPSA) is 49.0 Å². The largest absolute Gasteiger partial charge is 0.405 e. The second kappa shape index (κ2) is 4.33. The van der Waals surface area contributed by atoms with Crippen LogP contribution in [0.1, 0.15) is 6.92 Å². The second-order valence-corrected chi connectivity index (χ2v) is 2.93. The predicted molar refractivity (Wildman–Crippen MR) is 48.8 cm³/mol. The Morgan fingerprint density at radius 3 is 2.67 bits per heavy atom. The number of aromatic nitrogens is 2. The van der Waals surface area contributed by atoms with Crippen LogP contribution >= 0.6 is 0 Å². The van der Waals surface area contributed by atoms with Crippen molar-refractivity contribution in [3.8, 4) is 0 Å². The number of nitrogens with zero attached hydrogens (tertiary/aromatic N) is 2. The molecule has 4 nitrogen and oxygen atoms in total. The van der Waals surface area contributed by atoms with Crippen LogP contribution in [0.5, 0.6) is 0 Å². The molecule has 1 rings (SSSR count). The molecule has 0 saturated carbocycles. The minimum atomic E-state index is -4.29. The summed E-state index contributed by atoms with van der Waals surface area (Å²) in [6, 6.07) is 1.09. The van der Waals surface area contributed by atoms with Crippen LogP contribution in [0.25, 0.3) is 0 Å². The lowest BCUT2D eigenvalue weighted by Gasteiger charge is -2.23. The molecule has 0 aliphatic rings. The number of anilines is 1. The van der Waals surface area contributed by atoms with E-state index in [1.54, 1.807) is 6.92 Å². The second-order valence-electron chi connectivity index (χ2n) is 2.93. The standard InChI is InChI=1S/C8H10F3N3O/c1-2-14(5-8(9,10)11)6-3-7(15)13-12-4-6/h3-4H,2,5H2,1H3,(H,13,15). The third kappa shape index (κ3) is 3.61. The SMILES string of the molecule is CCN(CC(F)(F)F)c1cn[nH]c(=O)c1. The number of halogens is 3. The van der Waals surface area contributed by atoms with E-state index >= 15 is 0 Å². The van der Waals surface area contributed by atoms with Crippen LogP contribution < -0.4 is 10.5 Å². The quantitative estimate of drug-likeness (QED) is 0.833. The van der Waals surface area contributed by atoms with Gasteiger partial charge >= 0.3 is 6.18 Å². The zero-order valence-electron chi connectivity index (χ0n) is 8.01. The summed E-state index contributed by atoms with van der Waals surface area (Å²) < 4.78 is 36.4. The molecule has 0 saturated heterocycles. The summed E-state index contributed by atoms with van der Waals surface area (Å²) in [7, 11) is 0. The Kier molecular flexibility index (Phi) is 3.33. The van der Waals surface area contributed by atoms with Gasteiger partial charge in [0.2, 0.25) is 0 Å². The van der Waals surface area contributed by atoms with Gasteiger partial charge in [0.05, 0.1) is 11.9 Å². The number of hydrogen-bond donors (Lipinski definition) is 1. The fraction of sp³-hybridized carbons (Fsp3) is 0.500. The zero-order chi connectivity index (χ0) is 11.5. The van der Waals surface area contributed by atoms with Gasteiger partial charge in [0, 0.05) is 12.6 Å². The third-order valence-corrected chi connectivity index (χ3v) is 1.77. The molecule has 0 aromatic carbocycles. The molecule has 0 unspecified atom stereocenters. The number of nitrogens with one attached hydrogen (secondary N) is 1. The fourth-order valence-corrected chi connectivity index (χ4v) is 1.14. The van der Waals surface area contributed by atoms with Crippen molar-refractivity contribution in [3.63, 3.8) is 0 Å². The molecule has 1 aromatic rings. The lowest BCUT2D eigenvalue weighted by atomic mass is 10.4. The van der Waals surface area contributed by atoms with Gasteiger partial charge in [0.1, 0.15) is 6.54 Å². The Morgan fingerprint density at radius 2 is 2.20 bits per heavy atom. The summed E-state index contributed by atoms with van der Waals surface area (Å²) in [6.07, 6.45) is -3.10. The number of H-pyrrole nitrogens is 1. The molecule has 7 heteroatoms. The maximum atomic E-state index is 12.1. The highest BCUT2D eigenvalue weighted by Crippen LogP contribution is 2.19. The summed E-state index contributed by atoms with van der Waals surface area (Å²) in [5, 5.41) is 5.54. The monoisotopic (exact) mass is 221 g/mol. The first kappa shape index (κ1) is 11.5. The lowest BCUT2D eigenvalue weighted by Crippen LogP contribution is -2.34. The van der Waals surface area contributed by atoms with E-state index in [4.69, 9.17) is 0 Å². The number of rotatable bonds is 3. The molecule has 0 aliphatic carbocycles.